The third-order valence-electron chi connectivity index (χ3n) is 9.25. The van der Waals surface area contributed by atoms with Gasteiger partial charge in [0.25, 0.3) is 0 Å². The average Bonchev–Trinajstić information content (AvgIpc) is 2.83. The van der Waals surface area contributed by atoms with E-state index in [1.807, 2.05) is 0 Å². The van der Waals surface area contributed by atoms with E-state index in [9.17, 15) is 0 Å². The van der Waals surface area contributed by atoms with E-state index in [1.54, 1.807) is 0 Å². The molecule has 4 rings (SSSR count). The predicted molar refractivity (Wildman–Crippen MR) is 127 cm³/mol. The zero-order chi connectivity index (χ0) is 20.8. The lowest BCUT2D eigenvalue weighted by atomic mass is 9.68. The van der Waals surface area contributed by atoms with Crippen LogP contribution in [0.25, 0.3) is 0 Å². The van der Waals surface area contributed by atoms with Gasteiger partial charge in [0, 0.05) is 18.3 Å². The minimum absolute atomic E-state index is 0.617. The number of nitrogens with zero attached hydrogens (tertiary/aromatic N) is 2. The molecule has 2 heteroatoms. The zero-order valence-corrected chi connectivity index (χ0v) is 19.8. The summed E-state index contributed by atoms with van der Waals surface area (Å²) in [5.41, 5.74) is 1.42. The Labute approximate surface area is 186 Å². The fourth-order valence-electron chi connectivity index (χ4n) is 6.96. The maximum Gasteiger partial charge on any atom is 0.131 e. The second-order valence-corrected chi connectivity index (χ2v) is 11.0. The summed E-state index contributed by atoms with van der Waals surface area (Å²) in [6.45, 7) is 4.69. The maximum absolute atomic E-state index is 4.88. The van der Waals surface area contributed by atoms with Crippen molar-refractivity contribution in [2.24, 2.45) is 23.7 Å². The summed E-state index contributed by atoms with van der Waals surface area (Å²) in [4.78, 5) is 9.76. The van der Waals surface area contributed by atoms with Crippen LogP contribution < -0.4 is 0 Å². The second-order valence-electron chi connectivity index (χ2n) is 11.0. The van der Waals surface area contributed by atoms with Gasteiger partial charge in [-0.25, -0.2) is 9.97 Å². The van der Waals surface area contributed by atoms with Crippen LogP contribution in [-0.2, 0) is 0 Å². The van der Waals surface area contributed by atoms with Crippen molar-refractivity contribution in [3.8, 4) is 0 Å². The highest BCUT2D eigenvalue weighted by Gasteiger charge is 2.31. The summed E-state index contributed by atoms with van der Waals surface area (Å²) in [5.74, 6) is 6.49. The SMILES string of the molecule is CCCC[C@H]1CC[C@H](c2ncc([C@H]3CC[C@H]([C@H]4CC[C@H](CC)CC4)CC3)cn2)CC1. The topological polar surface area (TPSA) is 25.8 Å². The molecule has 0 unspecified atom stereocenters. The molecule has 3 aliphatic rings. The van der Waals surface area contributed by atoms with E-state index in [4.69, 9.17) is 9.97 Å². The molecular formula is C28H46N2. The molecule has 168 valence electrons. The first-order valence-corrected chi connectivity index (χ1v) is 13.6. The highest BCUT2D eigenvalue weighted by atomic mass is 14.9. The van der Waals surface area contributed by atoms with E-state index in [0.29, 0.717) is 11.8 Å². The predicted octanol–water partition coefficient (Wildman–Crippen LogP) is 8.43. The highest BCUT2D eigenvalue weighted by Crippen LogP contribution is 2.44. The van der Waals surface area contributed by atoms with Crippen LogP contribution in [0.5, 0.6) is 0 Å². The fraction of sp³-hybridized carbons (Fsp3) is 0.857. The van der Waals surface area contributed by atoms with Crippen molar-refractivity contribution in [3.63, 3.8) is 0 Å². The van der Waals surface area contributed by atoms with Gasteiger partial charge in [-0.2, -0.15) is 0 Å². The second kappa shape index (κ2) is 11.1. The molecule has 0 N–H and O–H groups in total. The molecule has 0 saturated heterocycles. The third kappa shape index (κ3) is 5.65. The molecule has 0 aliphatic heterocycles. The molecule has 3 aliphatic carbocycles. The number of unbranched alkanes of at least 4 members (excludes halogenated alkanes) is 1. The van der Waals surface area contributed by atoms with Crippen LogP contribution in [-0.4, -0.2) is 9.97 Å². The van der Waals surface area contributed by atoms with E-state index in [2.05, 4.69) is 26.2 Å². The van der Waals surface area contributed by atoms with Crippen molar-refractivity contribution in [1.82, 2.24) is 9.97 Å². The van der Waals surface area contributed by atoms with Gasteiger partial charge in [-0.3, -0.25) is 0 Å². The van der Waals surface area contributed by atoms with Crippen molar-refractivity contribution in [3.05, 3.63) is 23.8 Å². The van der Waals surface area contributed by atoms with Crippen LogP contribution in [0.2, 0.25) is 0 Å². The zero-order valence-electron chi connectivity index (χ0n) is 19.8. The van der Waals surface area contributed by atoms with E-state index in [0.717, 1.165) is 29.5 Å². The molecule has 0 aromatic carbocycles. The molecule has 2 nitrogen and oxygen atoms in total. The number of hydrogen-bond acceptors (Lipinski definition) is 2. The minimum atomic E-state index is 0.617. The van der Waals surface area contributed by atoms with Crippen LogP contribution >= 0.6 is 0 Å². The molecule has 0 atom stereocenters. The molecule has 3 saturated carbocycles. The Balaban J connectivity index is 1.23. The Kier molecular flexibility index (Phi) is 8.24. The molecule has 0 spiro atoms. The largest absolute Gasteiger partial charge is 0.241 e. The summed E-state index contributed by atoms with van der Waals surface area (Å²) >= 11 is 0. The first-order valence-electron chi connectivity index (χ1n) is 13.6. The van der Waals surface area contributed by atoms with Gasteiger partial charge >= 0.3 is 0 Å². The molecule has 1 heterocycles. The lowest BCUT2D eigenvalue weighted by Gasteiger charge is -2.37. The van der Waals surface area contributed by atoms with Crippen molar-refractivity contribution in [2.45, 2.75) is 128 Å². The van der Waals surface area contributed by atoms with E-state index in [1.165, 1.54) is 108 Å². The lowest BCUT2D eigenvalue weighted by molar-refractivity contribution is 0.158. The summed E-state index contributed by atoms with van der Waals surface area (Å²) in [6.07, 6.45) is 27.0. The standard InChI is InChI=1S/C28H46N2/c1-3-5-6-22-9-13-26(14-10-22)28-29-19-27(20-30-28)25-17-15-24(16-18-25)23-11-7-21(4-2)8-12-23/h19-26H,3-18H2,1-2H3/t21-,22-,23-,24-,25-,26-. The normalized spacial score (nSPS) is 35.3. The van der Waals surface area contributed by atoms with Crippen molar-refractivity contribution in [2.75, 3.05) is 0 Å². The van der Waals surface area contributed by atoms with Gasteiger partial charge in [0.15, 0.2) is 0 Å². The smallest absolute Gasteiger partial charge is 0.131 e. The monoisotopic (exact) mass is 410 g/mol. The summed E-state index contributed by atoms with van der Waals surface area (Å²) < 4.78 is 0. The highest BCUT2D eigenvalue weighted by molar-refractivity contribution is 5.14. The number of hydrogen-bond donors (Lipinski definition) is 0. The van der Waals surface area contributed by atoms with Crippen LogP contribution in [0, 0.1) is 23.7 Å². The molecule has 3 fully saturated rings. The number of rotatable bonds is 7. The molecule has 0 bridgehead atoms. The lowest BCUT2D eigenvalue weighted by Crippen LogP contribution is -2.25. The quantitative estimate of drug-likeness (QED) is 0.450. The number of aromatic nitrogens is 2. The van der Waals surface area contributed by atoms with Gasteiger partial charge in [0.05, 0.1) is 0 Å². The molecule has 1 aromatic heterocycles. The van der Waals surface area contributed by atoms with Gasteiger partial charge in [-0.05, 0) is 99.4 Å². The average molecular weight is 411 g/mol. The summed E-state index contributed by atoms with van der Waals surface area (Å²) in [7, 11) is 0. The maximum atomic E-state index is 4.88. The Hall–Kier alpha value is -0.920. The first kappa shape index (κ1) is 22.3. The minimum Gasteiger partial charge on any atom is -0.241 e. The molecule has 30 heavy (non-hydrogen) atoms. The van der Waals surface area contributed by atoms with Gasteiger partial charge in [0.1, 0.15) is 5.82 Å². The molecule has 1 aromatic rings. The van der Waals surface area contributed by atoms with Gasteiger partial charge in [-0.1, -0.05) is 52.4 Å². The van der Waals surface area contributed by atoms with Gasteiger partial charge in [-0.15, -0.1) is 0 Å². The Bertz CT molecular complexity index is 600. The Morgan fingerprint density at radius 2 is 1.20 bits per heavy atom. The molecule has 0 amide bonds. The van der Waals surface area contributed by atoms with Crippen molar-refractivity contribution >= 4 is 0 Å². The van der Waals surface area contributed by atoms with Crippen LogP contribution in [0.4, 0.5) is 0 Å². The first-order chi connectivity index (χ1) is 14.8. The Morgan fingerprint density at radius 1 is 0.667 bits per heavy atom. The van der Waals surface area contributed by atoms with Crippen molar-refractivity contribution in [1.29, 1.82) is 0 Å². The third-order valence-corrected chi connectivity index (χ3v) is 9.25. The van der Waals surface area contributed by atoms with Gasteiger partial charge in [0.2, 0.25) is 0 Å². The van der Waals surface area contributed by atoms with Crippen molar-refractivity contribution < 1.29 is 0 Å². The van der Waals surface area contributed by atoms with E-state index >= 15 is 0 Å². The van der Waals surface area contributed by atoms with Crippen LogP contribution in [0.1, 0.15) is 140 Å². The molecular weight excluding hydrogens is 364 g/mol. The van der Waals surface area contributed by atoms with E-state index < -0.39 is 0 Å². The fourth-order valence-corrected chi connectivity index (χ4v) is 6.96. The summed E-state index contributed by atoms with van der Waals surface area (Å²) in [5, 5.41) is 0. The molecule has 0 radical (unpaired) electrons. The van der Waals surface area contributed by atoms with Crippen LogP contribution in [0.3, 0.4) is 0 Å². The Morgan fingerprint density at radius 3 is 1.77 bits per heavy atom. The van der Waals surface area contributed by atoms with E-state index in [-0.39, 0.29) is 0 Å². The van der Waals surface area contributed by atoms with Crippen LogP contribution in [0.15, 0.2) is 12.4 Å². The summed E-state index contributed by atoms with van der Waals surface area (Å²) in [6, 6.07) is 0. The van der Waals surface area contributed by atoms with Gasteiger partial charge < -0.3 is 0 Å².